The maximum atomic E-state index is 12.1. The van der Waals surface area contributed by atoms with Crippen molar-refractivity contribution in [3.05, 3.63) is 0 Å². The Bertz CT molecular complexity index is 514. The summed E-state index contributed by atoms with van der Waals surface area (Å²) in [7, 11) is 0. The summed E-state index contributed by atoms with van der Waals surface area (Å²) in [6.07, 6.45) is -2.66. The van der Waals surface area contributed by atoms with E-state index in [1.54, 1.807) is 0 Å². The van der Waals surface area contributed by atoms with Crippen LogP contribution in [0.5, 0.6) is 0 Å². The van der Waals surface area contributed by atoms with E-state index < -0.39 is 48.7 Å². The van der Waals surface area contributed by atoms with Crippen LogP contribution in [-0.2, 0) is 19.1 Å². The molecule has 0 aliphatic heterocycles. The lowest BCUT2D eigenvalue weighted by molar-refractivity contribution is -0.165. The molecule has 0 bridgehead atoms. The summed E-state index contributed by atoms with van der Waals surface area (Å²) in [6.45, 7) is 7.66. The molecule has 7 nitrogen and oxygen atoms in total. The zero-order valence-corrected chi connectivity index (χ0v) is 16.1. The van der Waals surface area contributed by atoms with E-state index in [1.807, 2.05) is 0 Å². The number of aliphatic hydroxyl groups excluding tert-OH is 3. The molecular weight excluding hydrogens is 340 g/mol. The first-order valence-electron chi connectivity index (χ1n) is 9.26. The number of ether oxygens (including phenoxy) is 1. The lowest BCUT2D eigenvalue weighted by Gasteiger charge is -2.41. The minimum absolute atomic E-state index is 0.0709. The molecule has 0 saturated heterocycles. The summed E-state index contributed by atoms with van der Waals surface area (Å²) in [4.78, 5) is 35.3. The van der Waals surface area contributed by atoms with Crippen molar-refractivity contribution in [2.24, 2.45) is 11.3 Å². The summed E-state index contributed by atoms with van der Waals surface area (Å²) in [5.41, 5.74) is 0.0709. The number of carbonyl (C=O) groups is 3. The standard InChI is InChI=1S/C19H32O7/c1-11(2)19(4)7-5-6-13(10-19)26-18(25)17(24)9-16(23)15(22)8-14(21)12(3)20/h11-13,15,17,20,22,24H,5-10H2,1-4H3. The Hall–Kier alpha value is -1.31. The first kappa shape index (κ1) is 22.7. The smallest absolute Gasteiger partial charge is 0.335 e. The van der Waals surface area contributed by atoms with Gasteiger partial charge in [-0.05, 0) is 43.9 Å². The lowest BCUT2D eigenvalue weighted by atomic mass is 9.67. The minimum Gasteiger partial charge on any atom is -0.460 e. The van der Waals surface area contributed by atoms with Gasteiger partial charge in [0.25, 0.3) is 0 Å². The SMILES string of the molecule is CC(O)C(=O)CC(O)C(=O)CC(O)C(=O)OC1CCCC(C)(C(C)C)C1. The van der Waals surface area contributed by atoms with Crippen LogP contribution < -0.4 is 0 Å². The molecule has 1 rings (SSSR count). The van der Waals surface area contributed by atoms with Crippen LogP contribution in [0.3, 0.4) is 0 Å². The van der Waals surface area contributed by atoms with Crippen molar-refractivity contribution < 1.29 is 34.4 Å². The number of ketones is 2. The highest BCUT2D eigenvalue weighted by molar-refractivity contribution is 5.93. The van der Waals surface area contributed by atoms with E-state index in [0.717, 1.165) is 19.3 Å². The highest BCUT2D eigenvalue weighted by atomic mass is 16.6. The third-order valence-corrected chi connectivity index (χ3v) is 5.54. The first-order chi connectivity index (χ1) is 12.0. The van der Waals surface area contributed by atoms with Gasteiger partial charge in [0.1, 0.15) is 18.3 Å². The summed E-state index contributed by atoms with van der Waals surface area (Å²) in [6, 6.07) is 0. The predicted molar refractivity (Wildman–Crippen MR) is 94.2 cm³/mol. The van der Waals surface area contributed by atoms with Crippen LogP contribution in [0.1, 0.15) is 66.2 Å². The van der Waals surface area contributed by atoms with E-state index >= 15 is 0 Å². The molecule has 7 heteroatoms. The van der Waals surface area contributed by atoms with Crippen LogP contribution in [0.2, 0.25) is 0 Å². The Morgan fingerprint density at radius 3 is 2.15 bits per heavy atom. The van der Waals surface area contributed by atoms with Crippen molar-refractivity contribution in [2.45, 2.75) is 90.6 Å². The second kappa shape index (κ2) is 9.58. The number of hydrogen-bond acceptors (Lipinski definition) is 7. The van der Waals surface area contributed by atoms with Crippen molar-refractivity contribution in [3.63, 3.8) is 0 Å². The third kappa shape index (κ3) is 6.45. The predicted octanol–water partition coefficient (Wildman–Crippen LogP) is 1.16. The molecule has 1 saturated carbocycles. The molecule has 0 aromatic carbocycles. The molecule has 150 valence electrons. The van der Waals surface area contributed by atoms with Gasteiger partial charge in [0.15, 0.2) is 17.7 Å². The molecule has 5 unspecified atom stereocenters. The topological polar surface area (TPSA) is 121 Å². The van der Waals surface area contributed by atoms with Crippen LogP contribution in [-0.4, -0.2) is 57.3 Å². The van der Waals surface area contributed by atoms with Gasteiger partial charge in [0, 0.05) is 12.8 Å². The number of Topliss-reactive ketones (excluding diaryl/α,β-unsaturated/α-hetero) is 2. The molecular formula is C19H32O7. The molecule has 3 N–H and O–H groups in total. The van der Waals surface area contributed by atoms with E-state index in [1.165, 1.54) is 6.92 Å². The van der Waals surface area contributed by atoms with Crippen LogP contribution in [0, 0.1) is 11.3 Å². The van der Waals surface area contributed by atoms with E-state index in [-0.39, 0.29) is 11.5 Å². The zero-order chi connectivity index (χ0) is 20.1. The summed E-state index contributed by atoms with van der Waals surface area (Å²) < 4.78 is 5.37. The van der Waals surface area contributed by atoms with E-state index in [2.05, 4.69) is 20.8 Å². The second-order valence-corrected chi connectivity index (χ2v) is 8.01. The molecule has 5 atom stereocenters. The Morgan fingerprint density at radius 2 is 1.62 bits per heavy atom. The Labute approximate surface area is 154 Å². The molecule has 0 radical (unpaired) electrons. The van der Waals surface area contributed by atoms with Crippen molar-refractivity contribution in [3.8, 4) is 0 Å². The Kier molecular flexibility index (Phi) is 8.37. The third-order valence-electron chi connectivity index (χ3n) is 5.54. The van der Waals surface area contributed by atoms with Gasteiger partial charge >= 0.3 is 5.97 Å². The van der Waals surface area contributed by atoms with Crippen molar-refractivity contribution in [2.75, 3.05) is 0 Å². The fourth-order valence-corrected chi connectivity index (χ4v) is 3.21. The molecule has 0 heterocycles. The van der Waals surface area contributed by atoms with Gasteiger partial charge < -0.3 is 20.1 Å². The quantitative estimate of drug-likeness (QED) is 0.519. The number of aliphatic hydroxyl groups is 3. The molecule has 0 aromatic heterocycles. The minimum atomic E-state index is -1.67. The van der Waals surface area contributed by atoms with E-state index in [4.69, 9.17) is 9.84 Å². The molecule has 26 heavy (non-hydrogen) atoms. The summed E-state index contributed by atoms with van der Waals surface area (Å²) in [5, 5.41) is 28.7. The number of esters is 1. The highest BCUT2D eigenvalue weighted by Crippen LogP contribution is 2.42. The van der Waals surface area contributed by atoms with Gasteiger partial charge in [0.05, 0.1) is 0 Å². The average Bonchev–Trinajstić information content (AvgIpc) is 2.54. The highest BCUT2D eigenvalue weighted by Gasteiger charge is 2.37. The second-order valence-electron chi connectivity index (χ2n) is 8.01. The van der Waals surface area contributed by atoms with Gasteiger partial charge in [0.2, 0.25) is 0 Å². The molecule has 0 spiro atoms. The van der Waals surface area contributed by atoms with Gasteiger partial charge in [-0.1, -0.05) is 20.8 Å². The van der Waals surface area contributed by atoms with Crippen LogP contribution >= 0.6 is 0 Å². The largest absolute Gasteiger partial charge is 0.460 e. The molecule has 1 aliphatic rings. The fraction of sp³-hybridized carbons (Fsp3) is 0.842. The molecule has 0 aromatic rings. The monoisotopic (exact) mass is 372 g/mol. The van der Waals surface area contributed by atoms with Gasteiger partial charge in [-0.3, -0.25) is 9.59 Å². The van der Waals surface area contributed by atoms with Gasteiger partial charge in [-0.15, -0.1) is 0 Å². The van der Waals surface area contributed by atoms with Crippen LogP contribution in [0.4, 0.5) is 0 Å². The van der Waals surface area contributed by atoms with Gasteiger partial charge in [-0.25, -0.2) is 4.79 Å². The van der Waals surface area contributed by atoms with E-state index in [0.29, 0.717) is 12.3 Å². The summed E-state index contributed by atoms with van der Waals surface area (Å²) in [5.74, 6) is -1.96. The number of rotatable bonds is 9. The average molecular weight is 372 g/mol. The number of hydrogen-bond donors (Lipinski definition) is 3. The maximum absolute atomic E-state index is 12.1. The maximum Gasteiger partial charge on any atom is 0.335 e. The fourth-order valence-electron chi connectivity index (χ4n) is 3.21. The molecule has 0 amide bonds. The summed E-state index contributed by atoms with van der Waals surface area (Å²) >= 11 is 0. The normalized spacial score (nSPS) is 26.8. The molecule has 1 aliphatic carbocycles. The Morgan fingerprint density at radius 1 is 1.04 bits per heavy atom. The molecule has 1 fully saturated rings. The van der Waals surface area contributed by atoms with Crippen molar-refractivity contribution in [1.29, 1.82) is 0 Å². The van der Waals surface area contributed by atoms with Crippen LogP contribution in [0.25, 0.3) is 0 Å². The van der Waals surface area contributed by atoms with Crippen molar-refractivity contribution >= 4 is 17.5 Å². The Balaban J connectivity index is 2.52. The van der Waals surface area contributed by atoms with Crippen LogP contribution in [0.15, 0.2) is 0 Å². The number of carbonyl (C=O) groups excluding carboxylic acids is 3. The van der Waals surface area contributed by atoms with Gasteiger partial charge in [-0.2, -0.15) is 0 Å². The zero-order valence-electron chi connectivity index (χ0n) is 16.1. The lowest BCUT2D eigenvalue weighted by Crippen LogP contribution is -2.38. The first-order valence-corrected chi connectivity index (χ1v) is 9.26. The van der Waals surface area contributed by atoms with Crippen molar-refractivity contribution in [1.82, 2.24) is 0 Å². The van der Waals surface area contributed by atoms with E-state index in [9.17, 15) is 24.6 Å².